The number of carbonyl (C=O) groups excluding carboxylic acids is 1. The Morgan fingerprint density at radius 2 is 2.07 bits per heavy atom. The van der Waals surface area contributed by atoms with Gasteiger partial charge in [0, 0.05) is 24.8 Å². The van der Waals surface area contributed by atoms with E-state index in [4.69, 9.17) is 0 Å². The molecule has 3 nitrogen and oxygen atoms in total. The SMILES string of the molecule is CNCC(C)C(=O)NCCSC(F)(F)F. The molecular formula is C8H15F3N2OS. The summed E-state index contributed by atoms with van der Waals surface area (Å²) in [6, 6.07) is 0. The van der Waals surface area contributed by atoms with Gasteiger partial charge in [0.15, 0.2) is 0 Å². The molecule has 1 atom stereocenters. The van der Waals surface area contributed by atoms with Crippen molar-refractivity contribution >= 4 is 17.7 Å². The van der Waals surface area contributed by atoms with Crippen molar-refractivity contribution in [2.75, 3.05) is 25.9 Å². The Hall–Kier alpha value is -0.430. The molecule has 0 saturated heterocycles. The zero-order valence-corrected chi connectivity index (χ0v) is 9.47. The van der Waals surface area contributed by atoms with Gasteiger partial charge in [0.25, 0.3) is 0 Å². The third-order valence-electron chi connectivity index (χ3n) is 1.62. The molecule has 0 aromatic heterocycles. The molecule has 0 rings (SSSR count). The molecule has 0 aliphatic heterocycles. The molecule has 0 aliphatic rings. The Labute approximate surface area is 91.2 Å². The highest BCUT2D eigenvalue weighted by Gasteiger charge is 2.27. The Balaban J connectivity index is 3.55. The maximum absolute atomic E-state index is 11.7. The second kappa shape index (κ2) is 6.95. The summed E-state index contributed by atoms with van der Waals surface area (Å²) < 4.78 is 35.1. The molecule has 0 heterocycles. The van der Waals surface area contributed by atoms with Crippen LogP contribution in [0.1, 0.15) is 6.92 Å². The molecule has 0 aromatic rings. The molecule has 7 heteroatoms. The van der Waals surface area contributed by atoms with Crippen LogP contribution in [0, 0.1) is 5.92 Å². The lowest BCUT2D eigenvalue weighted by atomic mass is 10.1. The van der Waals surface area contributed by atoms with E-state index in [-0.39, 0.29) is 35.9 Å². The fourth-order valence-electron chi connectivity index (χ4n) is 0.914. The van der Waals surface area contributed by atoms with E-state index in [9.17, 15) is 18.0 Å². The van der Waals surface area contributed by atoms with E-state index in [2.05, 4.69) is 10.6 Å². The molecule has 1 unspecified atom stereocenters. The van der Waals surface area contributed by atoms with Gasteiger partial charge < -0.3 is 10.6 Å². The van der Waals surface area contributed by atoms with E-state index in [1.807, 2.05) is 0 Å². The van der Waals surface area contributed by atoms with Crippen LogP contribution in [0.5, 0.6) is 0 Å². The first-order chi connectivity index (χ1) is 6.87. The van der Waals surface area contributed by atoms with Crippen LogP contribution in [-0.2, 0) is 4.79 Å². The minimum Gasteiger partial charge on any atom is -0.355 e. The lowest BCUT2D eigenvalue weighted by Crippen LogP contribution is -2.35. The van der Waals surface area contributed by atoms with Crippen LogP contribution in [0.2, 0.25) is 0 Å². The van der Waals surface area contributed by atoms with Crippen molar-refractivity contribution in [3.8, 4) is 0 Å². The van der Waals surface area contributed by atoms with Crippen LogP contribution >= 0.6 is 11.8 Å². The zero-order chi connectivity index (χ0) is 11.9. The van der Waals surface area contributed by atoms with Gasteiger partial charge in [0.05, 0.1) is 0 Å². The Bertz CT molecular complexity index is 199. The molecular weight excluding hydrogens is 229 g/mol. The van der Waals surface area contributed by atoms with E-state index >= 15 is 0 Å². The van der Waals surface area contributed by atoms with Crippen LogP contribution in [0.3, 0.4) is 0 Å². The largest absolute Gasteiger partial charge is 0.441 e. The van der Waals surface area contributed by atoms with E-state index in [1.54, 1.807) is 14.0 Å². The standard InChI is InChI=1S/C8H15F3N2OS/c1-6(5-12-2)7(14)13-3-4-15-8(9,10)11/h6,12H,3-5H2,1-2H3,(H,13,14). The summed E-state index contributed by atoms with van der Waals surface area (Å²) in [5.74, 6) is -0.611. The van der Waals surface area contributed by atoms with Gasteiger partial charge in [-0.25, -0.2) is 0 Å². The van der Waals surface area contributed by atoms with E-state index < -0.39 is 5.51 Å². The topological polar surface area (TPSA) is 41.1 Å². The molecule has 0 saturated carbocycles. The number of rotatable bonds is 6. The van der Waals surface area contributed by atoms with Gasteiger partial charge >= 0.3 is 5.51 Å². The number of carbonyl (C=O) groups is 1. The molecule has 0 aliphatic carbocycles. The summed E-state index contributed by atoms with van der Waals surface area (Å²) in [6.45, 7) is 2.26. The molecule has 2 N–H and O–H groups in total. The molecule has 0 fully saturated rings. The second-order valence-electron chi connectivity index (χ2n) is 3.04. The third-order valence-corrected chi connectivity index (χ3v) is 2.36. The van der Waals surface area contributed by atoms with Gasteiger partial charge in [0.2, 0.25) is 5.91 Å². The molecule has 0 spiro atoms. The normalized spacial score (nSPS) is 13.7. The fourth-order valence-corrected chi connectivity index (χ4v) is 1.35. The number of hydrogen-bond donors (Lipinski definition) is 2. The van der Waals surface area contributed by atoms with Gasteiger partial charge in [-0.1, -0.05) is 6.92 Å². The van der Waals surface area contributed by atoms with Crippen molar-refractivity contribution in [2.45, 2.75) is 12.4 Å². The monoisotopic (exact) mass is 244 g/mol. The lowest BCUT2D eigenvalue weighted by molar-refractivity contribution is -0.124. The Morgan fingerprint density at radius 3 is 2.53 bits per heavy atom. The molecule has 15 heavy (non-hydrogen) atoms. The summed E-state index contributed by atoms with van der Waals surface area (Å²) in [4.78, 5) is 11.2. The minimum absolute atomic E-state index is 0.0388. The smallest absolute Gasteiger partial charge is 0.355 e. The zero-order valence-electron chi connectivity index (χ0n) is 8.65. The Kier molecular flexibility index (Phi) is 6.75. The molecule has 0 radical (unpaired) electrons. The summed E-state index contributed by atoms with van der Waals surface area (Å²) in [7, 11) is 1.71. The van der Waals surface area contributed by atoms with E-state index in [0.717, 1.165) is 0 Å². The van der Waals surface area contributed by atoms with Crippen molar-refractivity contribution in [3.05, 3.63) is 0 Å². The van der Waals surface area contributed by atoms with Crippen molar-refractivity contribution in [1.82, 2.24) is 10.6 Å². The van der Waals surface area contributed by atoms with E-state index in [0.29, 0.717) is 6.54 Å². The summed E-state index contributed by atoms with van der Waals surface area (Å²) in [5.41, 5.74) is -4.22. The Morgan fingerprint density at radius 1 is 1.47 bits per heavy atom. The molecule has 0 aromatic carbocycles. The number of thioether (sulfide) groups is 1. The number of hydrogen-bond acceptors (Lipinski definition) is 3. The molecule has 1 amide bonds. The van der Waals surface area contributed by atoms with Gasteiger partial charge in [0.1, 0.15) is 0 Å². The highest BCUT2D eigenvalue weighted by molar-refractivity contribution is 8.00. The van der Waals surface area contributed by atoms with Crippen molar-refractivity contribution in [1.29, 1.82) is 0 Å². The van der Waals surface area contributed by atoms with Gasteiger partial charge in [-0.3, -0.25) is 4.79 Å². The number of nitrogens with one attached hydrogen (secondary N) is 2. The van der Waals surface area contributed by atoms with Gasteiger partial charge in [-0.2, -0.15) is 13.2 Å². The predicted molar refractivity (Wildman–Crippen MR) is 54.6 cm³/mol. The number of amides is 1. The summed E-state index contributed by atoms with van der Waals surface area (Å²) >= 11 is -0.130. The number of halogens is 3. The van der Waals surface area contributed by atoms with Crippen LogP contribution in [0.25, 0.3) is 0 Å². The fraction of sp³-hybridized carbons (Fsp3) is 0.875. The van der Waals surface area contributed by atoms with Crippen LogP contribution < -0.4 is 10.6 Å². The highest BCUT2D eigenvalue weighted by atomic mass is 32.2. The second-order valence-corrected chi connectivity index (χ2v) is 4.20. The average molecular weight is 244 g/mol. The third kappa shape index (κ3) is 8.56. The van der Waals surface area contributed by atoms with Gasteiger partial charge in [-0.05, 0) is 18.8 Å². The summed E-state index contributed by atoms with van der Waals surface area (Å²) in [5, 5.41) is 5.26. The van der Waals surface area contributed by atoms with Crippen LogP contribution in [0.4, 0.5) is 13.2 Å². The maximum atomic E-state index is 11.7. The van der Waals surface area contributed by atoms with E-state index in [1.165, 1.54) is 0 Å². The van der Waals surface area contributed by atoms with Crippen LogP contribution in [0.15, 0.2) is 0 Å². The van der Waals surface area contributed by atoms with Gasteiger partial charge in [-0.15, -0.1) is 0 Å². The first kappa shape index (κ1) is 14.6. The first-order valence-corrected chi connectivity index (χ1v) is 5.48. The first-order valence-electron chi connectivity index (χ1n) is 4.50. The lowest BCUT2D eigenvalue weighted by Gasteiger charge is -2.11. The molecule has 0 bridgehead atoms. The summed E-state index contributed by atoms with van der Waals surface area (Å²) in [6.07, 6.45) is 0. The molecule has 90 valence electrons. The maximum Gasteiger partial charge on any atom is 0.441 e. The highest BCUT2D eigenvalue weighted by Crippen LogP contribution is 2.29. The average Bonchev–Trinajstić information content (AvgIpc) is 2.11. The van der Waals surface area contributed by atoms with Crippen molar-refractivity contribution in [2.24, 2.45) is 5.92 Å². The van der Waals surface area contributed by atoms with Crippen molar-refractivity contribution < 1.29 is 18.0 Å². The van der Waals surface area contributed by atoms with Crippen molar-refractivity contribution in [3.63, 3.8) is 0 Å². The number of alkyl halides is 3. The van der Waals surface area contributed by atoms with Crippen LogP contribution in [-0.4, -0.2) is 37.3 Å². The quantitative estimate of drug-likeness (QED) is 0.690. The minimum atomic E-state index is -4.22. The predicted octanol–water partition coefficient (Wildman–Crippen LogP) is 1.21.